The zero-order chi connectivity index (χ0) is 21.7. The Morgan fingerprint density at radius 2 is 1.83 bits per heavy atom. The molecule has 1 saturated heterocycles. The number of nitrogens with zero attached hydrogens (tertiary/aromatic N) is 1. The Hall–Kier alpha value is -1.84. The smallest absolute Gasteiger partial charge is 0.241 e. The molecule has 0 spiro atoms. The molecule has 1 aliphatic rings. The van der Waals surface area contributed by atoms with E-state index in [0.29, 0.717) is 28.3 Å². The summed E-state index contributed by atoms with van der Waals surface area (Å²) in [5, 5.41) is 3.85. The predicted molar refractivity (Wildman–Crippen MR) is 116 cm³/mol. The van der Waals surface area contributed by atoms with E-state index in [1.54, 1.807) is 18.2 Å². The number of likely N-dealkylation sites (tertiary alicyclic amines) is 1. The van der Waals surface area contributed by atoms with E-state index in [1.165, 1.54) is 19.2 Å². The van der Waals surface area contributed by atoms with Crippen molar-refractivity contribution >= 4 is 39.1 Å². The molecule has 1 aliphatic heterocycles. The van der Waals surface area contributed by atoms with Crippen molar-refractivity contribution in [1.82, 2.24) is 14.9 Å². The van der Waals surface area contributed by atoms with Gasteiger partial charge in [-0.25, -0.2) is 13.1 Å². The van der Waals surface area contributed by atoms with Crippen molar-refractivity contribution in [3.63, 3.8) is 0 Å². The van der Waals surface area contributed by atoms with Gasteiger partial charge < -0.3 is 10.1 Å². The van der Waals surface area contributed by atoms with Crippen LogP contribution in [0.5, 0.6) is 5.75 Å². The molecule has 0 aliphatic carbocycles. The first-order chi connectivity index (χ1) is 14.3. The summed E-state index contributed by atoms with van der Waals surface area (Å²) in [5.74, 6) is 0.519. The molecule has 7 nitrogen and oxygen atoms in total. The molecule has 2 aromatic carbocycles. The van der Waals surface area contributed by atoms with Crippen molar-refractivity contribution < 1.29 is 17.9 Å². The lowest BCUT2D eigenvalue weighted by atomic mass is 9.99. The Labute approximate surface area is 186 Å². The Bertz CT molecular complexity index is 994. The fourth-order valence-electron chi connectivity index (χ4n) is 3.15. The van der Waals surface area contributed by atoms with Gasteiger partial charge in [-0.3, -0.25) is 9.69 Å². The van der Waals surface area contributed by atoms with E-state index in [4.69, 9.17) is 27.9 Å². The van der Waals surface area contributed by atoms with Crippen molar-refractivity contribution in [3.8, 4) is 5.75 Å². The molecule has 0 unspecified atom stereocenters. The summed E-state index contributed by atoms with van der Waals surface area (Å²) in [6.07, 6.45) is 0. The number of carbonyl (C=O) groups excluding carboxylic acids is 1. The van der Waals surface area contributed by atoms with Gasteiger partial charge in [-0.2, -0.15) is 0 Å². The number of benzene rings is 2. The Kier molecular flexibility index (Phi) is 7.60. The van der Waals surface area contributed by atoms with Crippen LogP contribution >= 0.6 is 23.2 Å². The van der Waals surface area contributed by atoms with Crippen LogP contribution in [-0.4, -0.2) is 52.5 Å². The predicted octanol–water partition coefficient (Wildman–Crippen LogP) is 2.53. The third-order valence-electron chi connectivity index (χ3n) is 4.80. The minimum Gasteiger partial charge on any atom is -0.497 e. The first-order valence-corrected chi connectivity index (χ1v) is 11.6. The number of halogens is 2. The lowest BCUT2D eigenvalue weighted by molar-refractivity contribution is -0.120. The van der Waals surface area contributed by atoms with E-state index in [1.807, 2.05) is 12.1 Å². The van der Waals surface area contributed by atoms with Gasteiger partial charge in [-0.05, 0) is 42.0 Å². The summed E-state index contributed by atoms with van der Waals surface area (Å²) >= 11 is 12.0. The van der Waals surface area contributed by atoms with Gasteiger partial charge in [0.1, 0.15) is 5.75 Å². The van der Waals surface area contributed by atoms with Crippen LogP contribution in [0.3, 0.4) is 0 Å². The van der Waals surface area contributed by atoms with Gasteiger partial charge in [0.25, 0.3) is 0 Å². The van der Waals surface area contributed by atoms with Crippen LogP contribution in [0.25, 0.3) is 0 Å². The second-order valence-corrected chi connectivity index (χ2v) is 9.69. The molecule has 1 amide bonds. The number of hydrogen-bond acceptors (Lipinski definition) is 5. The van der Waals surface area contributed by atoms with Crippen molar-refractivity contribution in [1.29, 1.82) is 0 Å². The minimum absolute atomic E-state index is 0.0769. The first-order valence-electron chi connectivity index (χ1n) is 9.33. The lowest BCUT2D eigenvalue weighted by Gasteiger charge is -2.39. The first kappa shape index (κ1) is 22.8. The molecule has 30 heavy (non-hydrogen) atoms. The van der Waals surface area contributed by atoms with Gasteiger partial charge in [0.2, 0.25) is 15.9 Å². The average Bonchev–Trinajstić information content (AvgIpc) is 2.70. The van der Waals surface area contributed by atoms with Crippen LogP contribution in [0.15, 0.2) is 47.4 Å². The third kappa shape index (κ3) is 6.09. The highest BCUT2D eigenvalue weighted by Gasteiger charge is 2.27. The van der Waals surface area contributed by atoms with Crippen LogP contribution in [0, 0.1) is 5.92 Å². The van der Waals surface area contributed by atoms with Gasteiger partial charge in [0.15, 0.2) is 0 Å². The standard InChI is InChI=1S/C20H23Cl2N3O4S/c1-29-16-3-5-17(6-4-16)30(27,28)24-10-20(26)23-9-15-12-25(13-15)11-14-2-7-18(21)19(22)8-14/h2-8,15,24H,9-13H2,1H3,(H,23,26). The normalized spacial score (nSPS) is 14.9. The number of methoxy groups -OCH3 is 1. The highest BCUT2D eigenvalue weighted by Crippen LogP contribution is 2.25. The summed E-state index contributed by atoms with van der Waals surface area (Å²) in [7, 11) is -2.25. The van der Waals surface area contributed by atoms with E-state index in [-0.39, 0.29) is 17.3 Å². The Morgan fingerprint density at radius 1 is 1.13 bits per heavy atom. The maximum Gasteiger partial charge on any atom is 0.241 e. The van der Waals surface area contributed by atoms with Crippen LogP contribution < -0.4 is 14.8 Å². The molecule has 0 saturated carbocycles. The summed E-state index contributed by atoms with van der Waals surface area (Å²) in [4.78, 5) is 14.3. The second kappa shape index (κ2) is 9.98. The van der Waals surface area contributed by atoms with Crippen LogP contribution in [0.2, 0.25) is 10.0 Å². The molecule has 0 bridgehead atoms. The molecule has 3 rings (SSSR count). The lowest BCUT2D eigenvalue weighted by Crippen LogP contribution is -2.51. The highest BCUT2D eigenvalue weighted by atomic mass is 35.5. The fraction of sp³-hybridized carbons (Fsp3) is 0.350. The van der Waals surface area contributed by atoms with Gasteiger partial charge in [-0.1, -0.05) is 29.3 Å². The second-order valence-electron chi connectivity index (χ2n) is 7.11. The SMILES string of the molecule is COc1ccc(S(=O)(=O)NCC(=O)NCC2CN(Cc3ccc(Cl)c(Cl)c3)C2)cc1. The van der Waals surface area contributed by atoms with Gasteiger partial charge >= 0.3 is 0 Å². The van der Waals surface area contributed by atoms with Crippen molar-refractivity contribution in [2.45, 2.75) is 11.4 Å². The maximum atomic E-state index is 12.2. The largest absolute Gasteiger partial charge is 0.497 e. The molecule has 0 atom stereocenters. The number of hydrogen-bond donors (Lipinski definition) is 2. The molecular weight excluding hydrogens is 449 g/mol. The van der Waals surface area contributed by atoms with E-state index >= 15 is 0 Å². The molecule has 0 aromatic heterocycles. The summed E-state index contributed by atoms with van der Waals surface area (Å²) in [6, 6.07) is 11.5. The average molecular weight is 472 g/mol. The fourth-order valence-corrected chi connectivity index (χ4v) is 4.45. The zero-order valence-electron chi connectivity index (χ0n) is 16.4. The number of sulfonamides is 1. The number of carbonyl (C=O) groups is 1. The van der Waals surface area contributed by atoms with Crippen LogP contribution in [0.4, 0.5) is 0 Å². The third-order valence-corrected chi connectivity index (χ3v) is 6.96. The van der Waals surface area contributed by atoms with Gasteiger partial charge in [0.05, 0.1) is 28.6 Å². The molecule has 0 radical (unpaired) electrons. The molecular formula is C20H23Cl2N3O4S. The minimum atomic E-state index is -3.76. The quantitative estimate of drug-likeness (QED) is 0.586. The Balaban J connectivity index is 1.36. The van der Waals surface area contributed by atoms with E-state index in [0.717, 1.165) is 25.2 Å². The van der Waals surface area contributed by atoms with Crippen molar-refractivity contribution in [2.75, 3.05) is 33.3 Å². The topological polar surface area (TPSA) is 87.7 Å². The van der Waals surface area contributed by atoms with Crippen molar-refractivity contribution in [3.05, 3.63) is 58.1 Å². The number of amides is 1. The molecule has 2 aromatic rings. The Morgan fingerprint density at radius 3 is 2.47 bits per heavy atom. The van der Waals surface area contributed by atoms with Crippen LogP contribution in [0.1, 0.15) is 5.56 Å². The monoisotopic (exact) mass is 471 g/mol. The highest BCUT2D eigenvalue weighted by molar-refractivity contribution is 7.89. The number of ether oxygens (including phenoxy) is 1. The molecule has 162 valence electrons. The summed E-state index contributed by atoms with van der Waals surface area (Å²) in [5.41, 5.74) is 1.08. The molecule has 1 heterocycles. The summed E-state index contributed by atoms with van der Waals surface area (Å²) < 4.78 is 31.8. The van der Waals surface area contributed by atoms with Crippen molar-refractivity contribution in [2.24, 2.45) is 5.92 Å². The molecule has 1 fully saturated rings. The van der Waals surface area contributed by atoms with E-state index < -0.39 is 10.0 Å². The van der Waals surface area contributed by atoms with E-state index in [2.05, 4.69) is 14.9 Å². The zero-order valence-corrected chi connectivity index (χ0v) is 18.7. The maximum absolute atomic E-state index is 12.2. The van der Waals surface area contributed by atoms with E-state index in [9.17, 15) is 13.2 Å². The number of nitrogens with one attached hydrogen (secondary N) is 2. The molecule has 2 N–H and O–H groups in total. The molecule has 10 heteroatoms. The van der Waals surface area contributed by atoms with Gasteiger partial charge in [-0.15, -0.1) is 0 Å². The van der Waals surface area contributed by atoms with Gasteiger partial charge in [0, 0.05) is 32.1 Å². The van der Waals surface area contributed by atoms with Crippen LogP contribution in [-0.2, 0) is 21.4 Å². The summed E-state index contributed by atoms with van der Waals surface area (Å²) in [6.45, 7) is 2.65. The number of rotatable bonds is 9.